The first kappa shape index (κ1) is 19.8. The second-order valence-electron chi connectivity index (χ2n) is 5.29. The Labute approximate surface area is 121 Å². The fourth-order valence-corrected chi connectivity index (χ4v) is 1.65. The third-order valence-electron chi connectivity index (χ3n) is 3.36. The summed E-state index contributed by atoms with van der Waals surface area (Å²) < 4.78 is 10.8. The van der Waals surface area contributed by atoms with Crippen LogP contribution in [-0.4, -0.2) is 72.3 Å². The van der Waals surface area contributed by atoms with Gasteiger partial charge in [-0.1, -0.05) is 13.8 Å². The van der Waals surface area contributed by atoms with Crippen molar-refractivity contribution in [2.75, 3.05) is 39.6 Å². The van der Waals surface area contributed by atoms with Crippen molar-refractivity contribution < 1.29 is 29.9 Å². The molecular formula is C14H30O6. The maximum Gasteiger partial charge on any atom is 0.0771 e. The van der Waals surface area contributed by atoms with Crippen LogP contribution in [0.4, 0.5) is 0 Å². The molecule has 0 aliphatic heterocycles. The van der Waals surface area contributed by atoms with Gasteiger partial charge in [0.05, 0.1) is 45.2 Å². The summed E-state index contributed by atoms with van der Waals surface area (Å²) in [6, 6.07) is 0. The van der Waals surface area contributed by atoms with Gasteiger partial charge in [-0.05, 0) is 19.3 Å². The van der Waals surface area contributed by atoms with Crippen molar-refractivity contribution in [1.82, 2.24) is 0 Å². The van der Waals surface area contributed by atoms with Crippen molar-refractivity contribution in [1.29, 1.82) is 0 Å². The average molecular weight is 294 g/mol. The van der Waals surface area contributed by atoms with E-state index >= 15 is 0 Å². The molecule has 0 bridgehead atoms. The van der Waals surface area contributed by atoms with E-state index in [-0.39, 0.29) is 39.6 Å². The van der Waals surface area contributed by atoms with Gasteiger partial charge in [0.1, 0.15) is 0 Å². The lowest BCUT2D eigenvalue weighted by Gasteiger charge is -2.31. The second kappa shape index (κ2) is 11.4. The molecule has 122 valence electrons. The van der Waals surface area contributed by atoms with Gasteiger partial charge in [-0.3, -0.25) is 0 Å². The third-order valence-corrected chi connectivity index (χ3v) is 3.36. The minimum absolute atomic E-state index is 0.0834. The van der Waals surface area contributed by atoms with E-state index in [1.54, 1.807) is 0 Å². The summed E-state index contributed by atoms with van der Waals surface area (Å²) in [5, 5.41) is 37.6. The van der Waals surface area contributed by atoms with Crippen molar-refractivity contribution in [2.24, 2.45) is 5.41 Å². The van der Waals surface area contributed by atoms with Crippen LogP contribution in [0.1, 0.15) is 33.1 Å². The summed E-state index contributed by atoms with van der Waals surface area (Å²) in [6.07, 6.45) is 0.497. The van der Waals surface area contributed by atoms with Crippen molar-refractivity contribution in [3.05, 3.63) is 0 Å². The zero-order chi connectivity index (χ0) is 15.4. The Kier molecular flexibility index (Phi) is 11.3. The molecule has 0 aliphatic rings. The van der Waals surface area contributed by atoms with Gasteiger partial charge in [0.25, 0.3) is 0 Å². The van der Waals surface area contributed by atoms with Crippen LogP contribution in [0, 0.1) is 5.41 Å². The van der Waals surface area contributed by atoms with Crippen molar-refractivity contribution in [3.63, 3.8) is 0 Å². The molecule has 20 heavy (non-hydrogen) atoms. The summed E-state index contributed by atoms with van der Waals surface area (Å²) in [7, 11) is 0. The SMILES string of the molecule is CCC(O)COCC(CO)(CCO)COCC(O)CC. The van der Waals surface area contributed by atoms with Gasteiger partial charge in [-0.15, -0.1) is 0 Å². The molecule has 2 unspecified atom stereocenters. The highest BCUT2D eigenvalue weighted by molar-refractivity contribution is 4.78. The van der Waals surface area contributed by atoms with Gasteiger partial charge in [0.2, 0.25) is 0 Å². The highest BCUT2D eigenvalue weighted by Crippen LogP contribution is 2.23. The zero-order valence-corrected chi connectivity index (χ0v) is 12.6. The molecule has 0 aromatic heterocycles. The molecule has 0 rings (SSSR count). The van der Waals surface area contributed by atoms with Gasteiger partial charge in [0.15, 0.2) is 0 Å². The first-order chi connectivity index (χ1) is 9.53. The molecule has 0 heterocycles. The number of aliphatic hydroxyl groups is 4. The number of aliphatic hydroxyl groups excluding tert-OH is 4. The maximum absolute atomic E-state index is 9.56. The Balaban J connectivity index is 4.26. The Hall–Kier alpha value is -0.240. The summed E-state index contributed by atoms with van der Waals surface area (Å²) in [4.78, 5) is 0. The largest absolute Gasteiger partial charge is 0.396 e. The molecule has 6 heteroatoms. The summed E-state index contributed by atoms with van der Waals surface area (Å²) in [6.45, 7) is 4.24. The van der Waals surface area contributed by atoms with Gasteiger partial charge in [0, 0.05) is 12.0 Å². The van der Waals surface area contributed by atoms with E-state index in [1.165, 1.54) is 0 Å². The lowest BCUT2D eigenvalue weighted by molar-refractivity contribution is -0.0861. The number of hydrogen-bond acceptors (Lipinski definition) is 6. The van der Waals surface area contributed by atoms with Crippen LogP contribution in [0.15, 0.2) is 0 Å². The molecule has 0 saturated carbocycles. The molecule has 0 radical (unpaired) electrons. The quantitative estimate of drug-likeness (QED) is 0.379. The monoisotopic (exact) mass is 294 g/mol. The fourth-order valence-electron chi connectivity index (χ4n) is 1.65. The summed E-state index contributed by atoms with van der Waals surface area (Å²) >= 11 is 0. The molecule has 0 aromatic carbocycles. The zero-order valence-electron chi connectivity index (χ0n) is 12.6. The second-order valence-corrected chi connectivity index (χ2v) is 5.29. The van der Waals surface area contributed by atoms with Gasteiger partial charge < -0.3 is 29.9 Å². The van der Waals surface area contributed by atoms with Gasteiger partial charge in [-0.25, -0.2) is 0 Å². The first-order valence-corrected chi connectivity index (χ1v) is 7.26. The smallest absolute Gasteiger partial charge is 0.0771 e. The highest BCUT2D eigenvalue weighted by atomic mass is 16.5. The predicted molar refractivity (Wildman–Crippen MR) is 75.5 cm³/mol. The Morgan fingerprint density at radius 3 is 1.65 bits per heavy atom. The summed E-state index contributed by atoms with van der Waals surface area (Å²) in [5.41, 5.74) is -0.699. The van der Waals surface area contributed by atoms with Crippen molar-refractivity contribution in [2.45, 2.75) is 45.3 Å². The number of rotatable bonds is 13. The van der Waals surface area contributed by atoms with E-state index in [4.69, 9.17) is 14.6 Å². The normalized spacial score (nSPS) is 17.7. The molecule has 0 saturated heterocycles. The van der Waals surface area contributed by atoms with E-state index in [0.717, 1.165) is 0 Å². The number of hydrogen-bond donors (Lipinski definition) is 4. The maximum atomic E-state index is 9.56. The van der Waals surface area contributed by atoms with Crippen molar-refractivity contribution >= 4 is 0 Å². The molecule has 0 aliphatic carbocycles. The van der Waals surface area contributed by atoms with Crippen molar-refractivity contribution in [3.8, 4) is 0 Å². The third kappa shape index (κ3) is 8.14. The topological polar surface area (TPSA) is 99.4 Å². The molecular weight excluding hydrogens is 264 g/mol. The summed E-state index contributed by atoms with van der Waals surface area (Å²) in [5.74, 6) is 0. The van der Waals surface area contributed by atoms with Crippen LogP contribution in [0.5, 0.6) is 0 Å². The lowest BCUT2D eigenvalue weighted by Crippen LogP contribution is -2.39. The van der Waals surface area contributed by atoms with E-state index < -0.39 is 17.6 Å². The molecule has 0 fully saturated rings. The van der Waals surface area contributed by atoms with Crippen LogP contribution >= 0.6 is 0 Å². The Morgan fingerprint density at radius 1 is 0.900 bits per heavy atom. The number of ether oxygens (including phenoxy) is 2. The van der Waals surface area contributed by atoms with Crippen LogP contribution in [0.25, 0.3) is 0 Å². The van der Waals surface area contributed by atoms with E-state index in [1.807, 2.05) is 13.8 Å². The average Bonchev–Trinajstić information content (AvgIpc) is 2.46. The predicted octanol–water partition coefficient (Wildman–Crippen LogP) is -0.0775. The molecule has 4 N–H and O–H groups in total. The molecule has 6 nitrogen and oxygen atoms in total. The molecule has 0 aromatic rings. The highest BCUT2D eigenvalue weighted by Gasteiger charge is 2.30. The van der Waals surface area contributed by atoms with Crippen LogP contribution in [0.3, 0.4) is 0 Å². The Morgan fingerprint density at radius 2 is 1.35 bits per heavy atom. The van der Waals surface area contributed by atoms with Gasteiger partial charge >= 0.3 is 0 Å². The van der Waals surface area contributed by atoms with Crippen LogP contribution < -0.4 is 0 Å². The van der Waals surface area contributed by atoms with E-state index in [0.29, 0.717) is 19.3 Å². The van der Waals surface area contributed by atoms with E-state index in [9.17, 15) is 15.3 Å². The minimum Gasteiger partial charge on any atom is -0.396 e. The standard InChI is InChI=1S/C14H30O6/c1-3-12(17)7-19-10-14(9-16,5-6-15)11-20-8-13(18)4-2/h12-13,15-18H,3-11H2,1-2H3. The molecule has 0 spiro atoms. The van der Waals surface area contributed by atoms with Crippen LogP contribution in [-0.2, 0) is 9.47 Å². The lowest BCUT2D eigenvalue weighted by atomic mass is 9.87. The fraction of sp³-hybridized carbons (Fsp3) is 1.00. The van der Waals surface area contributed by atoms with E-state index in [2.05, 4.69) is 0 Å². The minimum atomic E-state index is -0.699. The first-order valence-electron chi connectivity index (χ1n) is 7.26. The molecule has 2 atom stereocenters. The van der Waals surface area contributed by atoms with Gasteiger partial charge in [-0.2, -0.15) is 0 Å². The Bertz CT molecular complexity index is 208. The van der Waals surface area contributed by atoms with Crippen LogP contribution in [0.2, 0.25) is 0 Å². The molecule has 0 amide bonds.